The molecule has 1 aliphatic rings. The second-order valence-corrected chi connectivity index (χ2v) is 5.84. The van der Waals surface area contributed by atoms with Crippen LogP contribution in [0.3, 0.4) is 0 Å². The van der Waals surface area contributed by atoms with Crippen molar-refractivity contribution in [3.63, 3.8) is 0 Å². The molecule has 0 aliphatic carbocycles. The standard InChI is InChI=1S/C17H23N3O/c1-12-7-8-20(11-16(12)21-2)17-15-6-4-3-5-14(15)13(9-18)10-19-17/h3-6,10,12,16H,7-9,11,18H2,1-2H3. The summed E-state index contributed by atoms with van der Waals surface area (Å²) in [6, 6.07) is 8.38. The number of methoxy groups -OCH3 is 1. The van der Waals surface area contributed by atoms with Crippen LogP contribution in [0.15, 0.2) is 30.5 Å². The van der Waals surface area contributed by atoms with Crippen molar-refractivity contribution in [1.29, 1.82) is 0 Å². The van der Waals surface area contributed by atoms with Gasteiger partial charge in [-0.25, -0.2) is 4.98 Å². The second kappa shape index (κ2) is 6.00. The van der Waals surface area contributed by atoms with Crippen LogP contribution < -0.4 is 10.6 Å². The summed E-state index contributed by atoms with van der Waals surface area (Å²) in [5, 5.41) is 2.39. The topological polar surface area (TPSA) is 51.4 Å². The summed E-state index contributed by atoms with van der Waals surface area (Å²) in [6.45, 7) is 4.71. The zero-order valence-corrected chi connectivity index (χ0v) is 12.7. The van der Waals surface area contributed by atoms with Gasteiger partial charge in [-0.05, 0) is 23.3 Å². The molecule has 0 radical (unpaired) electrons. The third-order valence-corrected chi connectivity index (χ3v) is 4.57. The number of anilines is 1. The van der Waals surface area contributed by atoms with Gasteiger partial charge in [0.25, 0.3) is 0 Å². The number of pyridine rings is 1. The Bertz CT molecular complexity index is 628. The maximum Gasteiger partial charge on any atom is 0.136 e. The van der Waals surface area contributed by atoms with E-state index in [1.807, 2.05) is 6.20 Å². The number of hydrogen-bond donors (Lipinski definition) is 1. The van der Waals surface area contributed by atoms with Crippen LogP contribution >= 0.6 is 0 Å². The number of hydrogen-bond acceptors (Lipinski definition) is 4. The van der Waals surface area contributed by atoms with Crippen LogP contribution in [-0.4, -0.2) is 31.3 Å². The normalized spacial score (nSPS) is 22.7. The van der Waals surface area contributed by atoms with Gasteiger partial charge in [-0.3, -0.25) is 0 Å². The van der Waals surface area contributed by atoms with Crippen molar-refractivity contribution in [3.05, 3.63) is 36.0 Å². The van der Waals surface area contributed by atoms with E-state index in [4.69, 9.17) is 10.5 Å². The SMILES string of the molecule is COC1CN(c2ncc(CN)c3ccccc23)CCC1C. The highest BCUT2D eigenvalue weighted by Crippen LogP contribution is 2.30. The molecule has 0 amide bonds. The van der Waals surface area contributed by atoms with Gasteiger partial charge in [0.2, 0.25) is 0 Å². The largest absolute Gasteiger partial charge is 0.379 e. The van der Waals surface area contributed by atoms with Gasteiger partial charge in [-0.1, -0.05) is 31.2 Å². The molecular formula is C17H23N3O. The van der Waals surface area contributed by atoms with Crippen molar-refractivity contribution in [1.82, 2.24) is 4.98 Å². The Kier molecular flexibility index (Phi) is 4.08. The van der Waals surface area contributed by atoms with Crippen molar-refractivity contribution in [2.24, 2.45) is 11.7 Å². The zero-order valence-electron chi connectivity index (χ0n) is 12.7. The Hall–Kier alpha value is -1.65. The average molecular weight is 285 g/mol. The molecule has 2 N–H and O–H groups in total. The first-order chi connectivity index (χ1) is 10.2. The summed E-state index contributed by atoms with van der Waals surface area (Å²) in [5.41, 5.74) is 6.93. The van der Waals surface area contributed by atoms with E-state index in [-0.39, 0.29) is 6.10 Å². The van der Waals surface area contributed by atoms with Crippen molar-refractivity contribution >= 4 is 16.6 Å². The number of fused-ring (bicyclic) bond motifs is 1. The molecule has 112 valence electrons. The molecule has 21 heavy (non-hydrogen) atoms. The molecule has 2 atom stereocenters. The third kappa shape index (κ3) is 2.61. The third-order valence-electron chi connectivity index (χ3n) is 4.57. The molecule has 2 unspecified atom stereocenters. The number of aromatic nitrogens is 1. The van der Waals surface area contributed by atoms with E-state index in [1.54, 1.807) is 7.11 Å². The van der Waals surface area contributed by atoms with Gasteiger partial charge in [-0.2, -0.15) is 0 Å². The molecule has 2 aromatic rings. The van der Waals surface area contributed by atoms with Gasteiger partial charge in [0.05, 0.1) is 6.10 Å². The number of ether oxygens (including phenoxy) is 1. The maximum absolute atomic E-state index is 5.83. The van der Waals surface area contributed by atoms with Gasteiger partial charge >= 0.3 is 0 Å². The molecule has 2 heterocycles. The summed E-state index contributed by atoms with van der Waals surface area (Å²) < 4.78 is 5.62. The van der Waals surface area contributed by atoms with Crippen molar-refractivity contribution in [2.45, 2.75) is 26.0 Å². The predicted octanol–water partition coefficient (Wildman–Crippen LogP) is 2.55. The number of piperidine rings is 1. The van der Waals surface area contributed by atoms with Gasteiger partial charge in [0, 0.05) is 38.3 Å². The van der Waals surface area contributed by atoms with Crippen LogP contribution in [0.5, 0.6) is 0 Å². The maximum atomic E-state index is 5.83. The summed E-state index contributed by atoms with van der Waals surface area (Å²) in [5.74, 6) is 1.65. The van der Waals surface area contributed by atoms with Crippen molar-refractivity contribution in [3.8, 4) is 0 Å². The molecular weight excluding hydrogens is 262 g/mol. The fourth-order valence-corrected chi connectivity index (χ4v) is 3.18. The fraction of sp³-hybridized carbons (Fsp3) is 0.471. The van der Waals surface area contributed by atoms with Crippen LogP contribution in [0.2, 0.25) is 0 Å². The van der Waals surface area contributed by atoms with E-state index in [9.17, 15) is 0 Å². The Morgan fingerprint density at radius 2 is 2.10 bits per heavy atom. The van der Waals surface area contributed by atoms with E-state index in [0.717, 1.165) is 30.9 Å². The monoisotopic (exact) mass is 285 g/mol. The fourth-order valence-electron chi connectivity index (χ4n) is 3.18. The summed E-state index contributed by atoms with van der Waals surface area (Å²) in [7, 11) is 1.80. The minimum absolute atomic E-state index is 0.272. The number of nitrogens with two attached hydrogens (primary N) is 1. The summed E-state index contributed by atoms with van der Waals surface area (Å²) >= 11 is 0. The second-order valence-electron chi connectivity index (χ2n) is 5.84. The molecule has 1 aromatic carbocycles. The molecule has 0 bridgehead atoms. The van der Waals surface area contributed by atoms with Crippen LogP contribution in [0, 0.1) is 5.92 Å². The molecule has 1 saturated heterocycles. The van der Waals surface area contributed by atoms with Gasteiger partial charge in [0.1, 0.15) is 5.82 Å². The summed E-state index contributed by atoms with van der Waals surface area (Å²) in [4.78, 5) is 7.03. The first-order valence-electron chi connectivity index (χ1n) is 7.59. The van der Waals surface area contributed by atoms with Crippen LogP contribution in [0.25, 0.3) is 10.8 Å². The van der Waals surface area contributed by atoms with Crippen LogP contribution in [-0.2, 0) is 11.3 Å². The van der Waals surface area contributed by atoms with Gasteiger partial charge < -0.3 is 15.4 Å². The molecule has 0 spiro atoms. The minimum Gasteiger partial charge on any atom is -0.379 e. The number of nitrogens with zero attached hydrogens (tertiary/aromatic N) is 2. The smallest absolute Gasteiger partial charge is 0.136 e. The molecule has 4 heteroatoms. The molecule has 0 saturated carbocycles. The predicted molar refractivity (Wildman–Crippen MR) is 86.4 cm³/mol. The first-order valence-corrected chi connectivity index (χ1v) is 7.59. The Labute approximate surface area is 125 Å². The highest BCUT2D eigenvalue weighted by molar-refractivity contribution is 5.94. The number of benzene rings is 1. The average Bonchev–Trinajstić information content (AvgIpc) is 2.54. The van der Waals surface area contributed by atoms with Gasteiger partial charge in [0.15, 0.2) is 0 Å². The van der Waals surface area contributed by atoms with Crippen molar-refractivity contribution < 1.29 is 4.74 Å². The van der Waals surface area contributed by atoms with E-state index in [1.165, 1.54) is 10.8 Å². The highest BCUT2D eigenvalue weighted by atomic mass is 16.5. The van der Waals surface area contributed by atoms with E-state index in [2.05, 4.69) is 41.1 Å². The molecule has 1 aliphatic heterocycles. The summed E-state index contributed by atoms with van der Waals surface area (Å²) in [6.07, 6.45) is 3.32. The lowest BCUT2D eigenvalue weighted by molar-refractivity contribution is 0.0497. The van der Waals surface area contributed by atoms with Crippen molar-refractivity contribution in [2.75, 3.05) is 25.1 Å². The van der Waals surface area contributed by atoms with Crippen LogP contribution in [0.4, 0.5) is 5.82 Å². The quantitative estimate of drug-likeness (QED) is 0.941. The van der Waals surface area contributed by atoms with Gasteiger partial charge in [-0.15, -0.1) is 0 Å². The Balaban J connectivity index is 2.01. The Morgan fingerprint density at radius 3 is 2.81 bits per heavy atom. The lowest BCUT2D eigenvalue weighted by Gasteiger charge is -2.37. The Morgan fingerprint density at radius 1 is 1.33 bits per heavy atom. The van der Waals surface area contributed by atoms with Crippen LogP contribution in [0.1, 0.15) is 18.9 Å². The van der Waals surface area contributed by atoms with E-state index < -0.39 is 0 Å². The zero-order chi connectivity index (χ0) is 14.8. The molecule has 3 rings (SSSR count). The number of rotatable bonds is 3. The molecule has 4 nitrogen and oxygen atoms in total. The lowest BCUT2D eigenvalue weighted by Crippen LogP contribution is -2.44. The first kappa shape index (κ1) is 14.3. The van der Waals surface area contributed by atoms with E-state index in [0.29, 0.717) is 12.5 Å². The molecule has 1 aromatic heterocycles. The molecule has 1 fully saturated rings. The highest BCUT2D eigenvalue weighted by Gasteiger charge is 2.27. The minimum atomic E-state index is 0.272. The van der Waals surface area contributed by atoms with E-state index >= 15 is 0 Å². The lowest BCUT2D eigenvalue weighted by atomic mass is 9.95.